The summed E-state index contributed by atoms with van der Waals surface area (Å²) in [5.74, 6) is 2.35. The maximum absolute atomic E-state index is 6.10. The van der Waals surface area contributed by atoms with Crippen LogP contribution in [0, 0.1) is 0 Å². The van der Waals surface area contributed by atoms with E-state index >= 15 is 0 Å². The maximum atomic E-state index is 6.10. The molecule has 0 spiro atoms. The van der Waals surface area contributed by atoms with Crippen molar-refractivity contribution in [2.75, 3.05) is 5.75 Å². The molecule has 0 bridgehead atoms. The Kier molecular flexibility index (Phi) is 4.51. The van der Waals surface area contributed by atoms with Crippen LogP contribution in [0.15, 0.2) is 42.1 Å². The molecule has 21 heavy (non-hydrogen) atoms. The highest BCUT2D eigenvalue weighted by atomic mass is 35.5. The van der Waals surface area contributed by atoms with E-state index in [1.54, 1.807) is 11.8 Å². The van der Waals surface area contributed by atoms with Gasteiger partial charge in [0.2, 0.25) is 0 Å². The number of hydrogen-bond donors (Lipinski definition) is 0. The molecule has 110 valence electrons. The van der Waals surface area contributed by atoms with Gasteiger partial charge in [0, 0.05) is 11.8 Å². The van der Waals surface area contributed by atoms with E-state index in [0.717, 1.165) is 16.7 Å². The molecule has 2 aromatic rings. The topological polar surface area (TPSA) is 39.9 Å². The van der Waals surface area contributed by atoms with Gasteiger partial charge in [-0.3, -0.25) is 4.57 Å². The Bertz CT molecular complexity index is 640. The van der Waals surface area contributed by atoms with Gasteiger partial charge in [-0.25, -0.2) is 0 Å². The van der Waals surface area contributed by atoms with Gasteiger partial charge in [-0.05, 0) is 25.0 Å². The summed E-state index contributed by atoms with van der Waals surface area (Å²) in [6, 6.07) is 7.96. The monoisotopic (exact) mass is 321 g/mol. The van der Waals surface area contributed by atoms with Crippen molar-refractivity contribution in [2.24, 2.45) is 0 Å². The van der Waals surface area contributed by atoms with E-state index in [1.807, 2.05) is 30.3 Å². The van der Waals surface area contributed by atoms with Crippen molar-refractivity contribution < 1.29 is 4.74 Å². The number of aromatic nitrogens is 3. The van der Waals surface area contributed by atoms with E-state index in [9.17, 15) is 0 Å². The molecule has 1 aromatic carbocycles. The molecule has 0 saturated heterocycles. The predicted molar refractivity (Wildman–Crippen MR) is 85.0 cm³/mol. The van der Waals surface area contributed by atoms with Crippen molar-refractivity contribution in [1.82, 2.24) is 14.8 Å². The molecule has 1 fully saturated rings. The smallest absolute Gasteiger partial charge is 0.191 e. The number of para-hydroxylation sites is 1. The fraction of sp³-hybridized carbons (Fsp3) is 0.333. The van der Waals surface area contributed by atoms with Crippen LogP contribution in [0.3, 0.4) is 0 Å². The quantitative estimate of drug-likeness (QED) is 0.568. The van der Waals surface area contributed by atoms with Gasteiger partial charge in [0.15, 0.2) is 11.0 Å². The fourth-order valence-corrected chi connectivity index (χ4v) is 2.99. The van der Waals surface area contributed by atoms with Crippen LogP contribution in [0.5, 0.6) is 5.75 Å². The second kappa shape index (κ2) is 6.54. The van der Waals surface area contributed by atoms with Gasteiger partial charge in [0.05, 0.1) is 5.02 Å². The van der Waals surface area contributed by atoms with Crippen molar-refractivity contribution >= 4 is 23.4 Å². The third kappa shape index (κ3) is 3.41. The number of ether oxygens (including phenoxy) is 1. The first-order chi connectivity index (χ1) is 10.3. The van der Waals surface area contributed by atoms with Crippen LogP contribution in [0.2, 0.25) is 5.02 Å². The third-order valence-electron chi connectivity index (χ3n) is 3.17. The maximum Gasteiger partial charge on any atom is 0.191 e. The minimum Gasteiger partial charge on any atom is -0.484 e. The van der Waals surface area contributed by atoms with Crippen molar-refractivity contribution in [1.29, 1.82) is 0 Å². The summed E-state index contributed by atoms with van der Waals surface area (Å²) < 4.78 is 7.96. The number of thioether (sulfide) groups is 1. The zero-order valence-corrected chi connectivity index (χ0v) is 13.1. The second-order valence-electron chi connectivity index (χ2n) is 4.82. The van der Waals surface area contributed by atoms with E-state index in [1.165, 1.54) is 12.8 Å². The van der Waals surface area contributed by atoms with Gasteiger partial charge in [0.1, 0.15) is 12.4 Å². The van der Waals surface area contributed by atoms with Crippen molar-refractivity contribution in [3.8, 4) is 5.75 Å². The minimum atomic E-state index is 0.377. The highest BCUT2D eigenvalue weighted by Crippen LogP contribution is 2.39. The zero-order chi connectivity index (χ0) is 14.7. The molecule has 0 atom stereocenters. The number of rotatable bonds is 7. The lowest BCUT2D eigenvalue weighted by Gasteiger charge is -2.10. The minimum absolute atomic E-state index is 0.377. The average Bonchev–Trinajstić information content (AvgIpc) is 3.25. The summed E-state index contributed by atoms with van der Waals surface area (Å²) in [6.07, 6.45) is 4.23. The Balaban J connectivity index is 1.74. The van der Waals surface area contributed by atoms with Gasteiger partial charge < -0.3 is 4.74 Å². The van der Waals surface area contributed by atoms with E-state index in [4.69, 9.17) is 16.3 Å². The summed E-state index contributed by atoms with van der Waals surface area (Å²) in [4.78, 5) is 0. The lowest BCUT2D eigenvalue weighted by atomic mass is 10.3. The zero-order valence-electron chi connectivity index (χ0n) is 11.5. The van der Waals surface area contributed by atoms with Crippen LogP contribution in [0.4, 0.5) is 0 Å². The molecule has 0 N–H and O–H groups in total. The summed E-state index contributed by atoms with van der Waals surface area (Å²) in [6.45, 7) is 4.12. The normalized spacial score (nSPS) is 14.1. The molecule has 0 radical (unpaired) electrons. The molecule has 1 aromatic heterocycles. The van der Waals surface area contributed by atoms with Crippen molar-refractivity contribution in [3.05, 3.63) is 47.8 Å². The largest absolute Gasteiger partial charge is 0.484 e. The Labute approximate surface area is 133 Å². The van der Waals surface area contributed by atoms with E-state index in [-0.39, 0.29) is 0 Å². The summed E-state index contributed by atoms with van der Waals surface area (Å²) in [5, 5.41) is 10.1. The Morgan fingerprint density at radius 2 is 2.19 bits per heavy atom. The average molecular weight is 322 g/mol. The molecule has 1 heterocycles. The molecule has 1 aliphatic rings. The molecule has 0 unspecified atom stereocenters. The Hall–Kier alpha value is -1.46. The molecule has 1 aliphatic carbocycles. The second-order valence-corrected chi connectivity index (χ2v) is 6.21. The summed E-state index contributed by atoms with van der Waals surface area (Å²) >= 11 is 7.75. The SMILES string of the molecule is C=CCSc1nnc(COc2ccccc2Cl)n1C1CC1. The number of benzene rings is 1. The third-order valence-corrected chi connectivity index (χ3v) is 4.42. The first-order valence-electron chi connectivity index (χ1n) is 6.84. The number of hydrogen-bond acceptors (Lipinski definition) is 4. The highest BCUT2D eigenvalue weighted by Gasteiger charge is 2.29. The molecular weight excluding hydrogens is 306 g/mol. The Morgan fingerprint density at radius 1 is 1.38 bits per heavy atom. The first-order valence-corrected chi connectivity index (χ1v) is 8.20. The van der Waals surface area contributed by atoms with Crippen LogP contribution < -0.4 is 4.74 Å². The lowest BCUT2D eigenvalue weighted by molar-refractivity contribution is 0.288. The first kappa shape index (κ1) is 14.5. The van der Waals surface area contributed by atoms with Crippen molar-refractivity contribution in [2.45, 2.75) is 30.6 Å². The molecule has 6 heteroatoms. The summed E-state index contributed by atoms with van der Waals surface area (Å²) in [7, 11) is 0. The molecule has 0 amide bonds. The van der Waals surface area contributed by atoms with Gasteiger partial charge in [0.25, 0.3) is 0 Å². The predicted octanol–water partition coefficient (Wildman–Crippen LogP) is 4.12. The molecular formula is C15H16ClN3OS. The number of halogens is 1. The van der Waals surface area contributed by atoms with Crippen LogP contribution >= 0.6 is 23.4 Å². The van der Waals surface area contributed by atoms with Gasteiger partial charge in [-0.1, -0.05) is 41.6 Å². The van der Waals surface area contributed by atoms with Gasteiger partial charge >= 0.3 is 0 Å². The van der Waals surface area contributed by atoms with Crippen molar-refractivity contribution in [3.63, 3.8) is 0 Å². The molecule has 0 aliphatic heterocycles. The van der Waals surface area contributed by atoms with E-state index < -0.39 is 0 Å². The standard InChI is InChI=1S/C15H16ClN3OS/c1-2-9-21-15-18-17-14(19(15)11-7-8-11)10-20-13-6-4-3-5-12(13)16/h2-6,11H,1,7-10H2. The highest BCUT2D eigenvalue weighted by molar-refractivity contribution is 7.99. The molecule has 3 rings (SSSR count). The molecule has 4 nitrogen and oxygen atoms in total. The lowest BCUT2D eigenvalue weighted by Crippen LogP contribution is -2.07. The number of nitrogens with zero attached hydrogens (tertiary/aromatic N) is 3. The van der Waals surface area contributed by atoms with Crippen LogP contribution in [-0.4, -0.2) is 20.5 Å². The Morgan fingerprint density at radius 3 is 2.90 bits per heavy atom. The van der Waals surface area contributed by atoms with E-state index in [0.29, 0.717) is 23.4 Å². The van der Waals surface area contributed by atoms with Gasteiger partial charge in [-0.15, -0.1) is 16.8 Å². The van der Waals surface area contributed by atoms with Crippen LogP contribution in [0.1, 0.15) is 24.7 Å². The van der Waals surface area contributed by atoms with E-state index in [2.05, 4.69) is 21.3 Å². The molecule has 1 saturated carbocycles. The summed E-state index contributed by atoms with van der Waals surface area (Å²) in [5.41, 5.74) is 0. The van der Waals surface area contributed by atoms with Gasteiger partial charge in [-0.2, -0.15) is 0 Å². The van der Waals surface area contributed by atoms with Crippen LogP contribution in [-0.2, 0) is 6.61 Å². The van der Waals surface area contributed by atoms with Crippen LogP contribution in [0.25, 0.3) is 0 Å². The fourth-order valence-electron chi connectivity index (χ4n) is 2.04.